The Kier molecular flexibility index (Phi) is 8.93. The summed E-state index contributed by atoms with van der Waals surface area (Å²) in [5, 5.41) is 1.65. The van der Waals surface area contributed by atoms with Crippen molar-refractivity contribution in [3.8, 4) is 0 Å². The Balaban J connectivity index is 0.000000169. The highest BCUT2D eigenvalue weighted by molar-refractivity contribution is 5.94. The fraction of sp³-hybridized carbons (Fsp3) is 0.355. The summed E-state index contributed by atoms with van der Waals surface area (Å²) in [4.78, 5) is 47.9. The van der Waals surface area contributed by atoms with Crippen LogP contribution in [0.1, 0.15) is 31.8 Å². The van der Waals surface area contributed by atoms with Crippen LogP contribution in [-0.4, -0.2) is 67.5 Å². The first-order valence-electron chi connectivity index (χ1n) is 13.6. The summed E-state index contributed by atoms with van der Waals surface area (Å²) in [7, 11) is 1.26. The second kappa shape index (κ2) is 12.8. The summed E-state index contributed by atoms with van der Waals surface area (Å²) in [6.07, 6.45) is -0.318. The fourth-order valence-electron chi connectivity index (χ4n) is 5.01. The number of aldehydes is 1. The highest BCUT2D eigenvalue weighted by atomic mass is 16.7. The molecule has 220 valence electrons. The third-order valence-electron chi connectivity index (χ3n) is 7.11. The smallest absolute Gasteiger partial charge is 0.343 e. The first-order valence-corrected chi connectivity index (χ1v) is 13.6. The number of methoxy groups -OCH3 is 1. The van der Waals surface area contributed by atoms with Gasteiger partial charge in [-0.2, -0.15) is 0 Å². The molecule has 11 nitrogen and oxygen atoms in total. The van der Waals surface area contributed by atoms with E-state index in [1.165, 1.54) is 11.7 Å². The zero-order valence-corrected chi connectivity index (χ0v) is 23.7. The molecule has 2 aromatic heterocycles. The molecule has 0 saturated carbocycles. The van der Waals surface area contributed by atoms with Crippen molar-refractivity contribution >= 4 is 34.1 Å². The second-order valence-electron chi connectivity index (χ2n) is 10.1. The maximum absolute atomic E-state index is 12.6. The van der Waals surface area contributed by atoms with E-state index >= 15 is 0 Å². The predicted molar refractivity (Wildman–Crippen MR) is 154 cm³/mol. The number of carbonyl (C=O) groups excluding carboxylic acids is 2. The minimum absolute atomic E-state index is 0.0110. The third kappa shape index (κ3) is 6.19. The van der Waals surface area contributed by atoms with Gasteiger partial charge in [0.05, 0.1) is 63.2 Å². The maximum Gasteiger partial charge on any atom is 0.343 e. The number of hydrogen-bond donors (Lipinski definition) is 0. The van der Waals surface area contributed by atoms with E-state index in [4.69, 9.17) is 23.7 Å². The topological polar surface area (TPSA) is 124 Å². The molecular formula is C31H32N2O9. The SMILES string of the molecule is COC(=O)c1cc2ccc(C)cc2n(CC2OCCO2)c1=O.Cc1ccc2cc(C=O)c(=O)n(CC3OCCO3)c2c1. The fourth-order valence-corrected chi connectivity index (χ4v) is 5.01. The lowest BCUT2D eigenvalue weighted by atomic mass is 10.1. The molecule has 6 rings (SSSR count). The Hall–Kier alpha value is -4.16. The molecule has 4 heterocycles. The van der Waals surface area contributed by atoms with Crippen LogP contribution in [0.5, 0.6) is 0 Å². The van der Waals surface area contributed by atoms with Crippen molar-refractivity contribution in [1.29, 1.82) is 0 Å². The van der Waals surface area contributed by atoms with Gasteiger partial charge in [-0.3, -0.25) is 14.4 Å². The Bertz CT molecular complexity index is 1750. The molecule has 0 aliphatic carbocycles. The van der Waals surface area contributed by atoms with Crippen LogP contribution < -0.4 is 11.1 Å². The molecule has 0 bridgehead atoms. The summed E-state index contributed by atoms with van der Waals surface area (Å²) >= 11 is 0. The van der Waals surface area contributed by atoms with Gasteiger partial charge < -0.3 is 32.8 Å². The van der Waals surface area contributed by atoms with E-state index in [0.29, 0.717) is 39.3 Å². The Morgan fingerprint density at radius 2 is 1.26 bits per heavy atom. The first-order chi connectivity index (χ1) is 20.3. The van der Waals surface area contributed by atoms with E-state index in [1.54, 1.807) is 16.7 Å². The normalized spacial score (nSPS) is 15.6. The van der Waals surface area contributed by atoms with Crippen LogP contribution in [0.25, 0.3) is 21.8 Å². The van der Waals surface area contributed by atoms with Crippen molar-refractivity contribution in [2.24, 2.45) is 0 Å². The maximum atomic E-state index is 12.6. The van der Waals surface area contributed by atoms with E-state index in [0.717, 1.165) is 32.9 Å². The standard InChI is InChI=1S/C16H17NO5.C15H15NO4/c1-10-3-4-11-8-12(16(19)20-2)15(18)17(13(11)7-10)9-14-21-5-6-22-14;1-10-2-3-11-7-12(9-17)15(18)16(13(11)6-10)8-14-19-4-5-20-14/h3-4,7-8,14H,5-6,9H2,1-2H3;2-3,6-7,9,14H,4-5,8H2,1H3. The number of hydrogen-bond acceptors (Lipinski definition) is 9. The lowest BCUT2D eigenvalue weighted by Crippen LogP contribution is -2.31. The van der Waals surface area contributed by atoms with E-state index in [1.807, 2.05) is 50.2 Å². The highest BCUT2D eigenvalue weighted by Gasteiger charge is 2.22. The molecule has 2 fully saturated rings. The molecule has 0 unspecified atom stereocenters. The van der Waals surface area contributed by atoms with Crippen LogP contribution in [0.3, 0.4) is 0 Å². The lowest BCUT2D eigenvalue weighted by molar-refractivity contribution is -0.0525. The van der Waals surface area contributed by atoms with Crippen LogP contribution in [0.4, 0.5) is 0 Å². The van der Waals surface area contributed by atoms with Gasteiger partial charge in [0, 0.05) is 0 Å². The van der Waals surface area contributed by atoms with Gasteiger partial charge in [0.15, 0.2) is 18.9 Å². The van der Waals surface area contributed by atoms with E-state index in [2.05, 4.69) is 0 Å². The molecule has 11 heteroatoms. The molecule has 0 amide bonds. The van der Waals surface area contributed by atoms with Gasteiger partial charge in [-0.15, -0.1) is 0 Å². The monoisotopic (exact) mass is 576 g/mol. The van der Waals surface area contributed by atoms with Gasteiger partial charge in [-0.25, -0.2) is 4.79 Å². The summed E-state index contributed by atoms with van der Waals surface area (Å²) in [5.74, 6) is -0.644. The van der Waals surface area contributed by atoms with Crippen molar-refractivity contribution in [3.63, 3.8) is 0 Å². The highest BCUT2D eigenvalue weighted by Crippen LogP contribution is 2.19. The molecule has 42 heavy (non-hydrogen) atoms. The lowest BCUT2D eigenvalue weighted by Gasteiger charge is -2.16. The Morgan fingerprint density at radius 1 is 0.786 bits per heavy atom. The second-order valence-corrected chi connectivity index (χ2v) is 10.1. The van der Waals surface area contributed by atoms with Crippen LogP contribution >= 0.6 is 0 Å². The molecule has 0 spiro atoms. The van der Waals surface area contributed by atoms with Crippen LogP contribution in [0.15, 0.2) is 58.1 Å². The van der Waals surface area contributed by atoms with Gasteiger partial charge in [-0.1, -0.05) is 24.3 Å². The molecule has 2 aliphatic rings. The zero-order valence-electron chi connectivity index (χ0n) is 23.7. The Morgan fingerprint density at radius 3 is 1.74 bits per heavy atom. The molecule has 4 aromatic rings. The van der Waals surface area contributed by atoms with Gasteiger partial charge in [0.25, 0.3) is 11.1 Å². The van der Waals surface area contributed by atoms with Crippen LogP contribution in [-0.2, 0) is 36.8 Å². The first kappa shape index (κ1) is 29.3. The number of fused-ring (bicyclic) bond motifs is 2. The quantitative estimate of drug-likeness (QED) is 0.252. The van der Waals surface area contributed by atoms with Crippen LogP contribution in [0, 0.1) is 13.8 Å². The number of aromatic nitrogens is 2. The molecule has 2 saturated heterocycles. The van der Waals surface area contributed by atoms with E-state index in [9.17, 15) is 19.2 Å². The van der Waals surface area contributed by atoms with Crippen molar-refractivity contribution in [1.82, 2.24) is 9.13 Å². The Labute approximate surface area is 241 Å². The number of nitrogens with zero attached hydrogens (tertiary/aromatic N) is 2. The van der Waals surface area contributed by atoms with Gasteiger partial charge >= 0.3 is 5.97 Å². The van der Waals surface area contributed by atoms with Gasteiger partial charge in [-0.05, 0) is 60.0 Å². The number of benzene rings is 2. The molecule has 0 atom stereocenters. The zero-order chi connectivity index (χ0) is 29.8. The number of pyridine rings is 2. The summed E-state index contributed by atoms with van der Waals surface area (Å²) in [6, 6.07) is 14.7. The number of esters is 1. The summed E-state index contributed by atoms with van der Waals surface area (Å²) < 4.78 is 29.4. The minimum Gasteiger partial charge on any atom is -0.465 e. The average Bonchev–Trinajstić information content (AvgIpc) is 3.71. The van der Waals surface area contributed by atoms with E-state index < -0.39 is 24.1 Å². The van der Waals surface area contributed by atoms with Crippen molar-refractivity contribution in [2.45, 2.75) is 39.5 Å². The minimum atomic E-state index is -0.644. The molecular weight excluding hydrogens is 544 g/mol. The summed E-state index contributed by atoms with van der Waals surface area (Å²) in [6.45, 7) is 6.52. The number of rotatable bonds is 6. The summed E-state index contributed by atoms with van der Waals surface area (Å²) in [5.41, 5.74) is 3.08. The van der Waals surface area contributed by atoms with Crippen molar-refractivity contribution in [2.75, 3.05) is 33.5 Å². The van der Waals surface area contributed by atoms with Gasteiger partial charge in [0.1, 0.15) is 5.56 Å². The van der Waals surface area contributed by atoms with Crippen molar-refractivity contribution < 1.29 is 33.3 Å². The molecule has 0 N–H and O–H groups in total. The van der Waals surface area contributed by atoms with Crippen molar-refractivity contribution in [3.05, 3.63) is 91.5 Å². The number of ether oxygens (including phenoxy) is 5. The molecule has 0 radical (unpaired) electrons. The van der Waals surface area contributed by atoms with Crippen LogP contribution in [0.2, 0.25) is 0 Å². The third-order valence-corrected chi connectivity index (χ3v) is 7.11. The number of aryl methyl sites for hydroxylation is 2. The molecule has 2 aromatic carbocycles. The van der Waals surface area contributed by atoms with E-state index in [-0.39, 0.29) is 23.2 Å². The number of carbonyl (C=O) groups is 2. The molecule has 2 aliphatic heterocycles. The van der Waals surface area contributed by atoms with Gasteiger partial charge in [0.2, 0.25) is 0 Å². The largest absolute Gasteiger partial charge is 0.465 e. The predicted octanol–water partition coefficient (Wildman–Crippen LogP) is 2.96. The average molecular weight is 577 g/mol.